The Kier molecular flexibility index (Phi) is 7.33. The Hall–Kier alpha value is -0.0900. The lowest BCUT2D eigenvalue weighted by Gasteiger charge is -2.47. The summed E-state index contributed by atoms with van der Waals surface area (Å²) in [7, 11) is 0. The van der Waals surface area contributed by atoms with E-state index in [1.165, 1.54) is 11.8 Å². The van der Waals surface area contributed by atoms with Gasteiger partial charge in [-0.05, 0) is 0 Å². The molecule has 0 aromatic rings. The lowest BCUT2D eigenvalue weighted by atomic mass is 9.94. The van der Waals surface area contributed by atoms with Crippen molar-refractivity contribution in [1.29, 1.82) is 0 Å². The van der Waals surface area contributed by atoms with Gasteiger partial charge >= 0.3 is 0 Å². The van der Waals surface area contributed by atoms with E-state index in [4.69, 9.17) is 14.2 Å². The number of hydrogen-bond acceptors (Lipinski definition) is 12. The molecule has 2 unspecified atom stereocenters. The summed E-state index contributed by atoms with van der Waals surface area (Å²) >= 11 is 1.53. The number of ether oxygens (including phenoxy) is 3. The molecule has 12 heteroatoms. The van der Waals surface area contributed by atoms with Crippen LogP contribution in [-0.2, 0) is 14.2 Å². The average molecular weight is 413 g/mol. The molecule has 0 radical (unpaired) electrons. The maximum atomic E-state index is 10.5. The van der Waals surface area contributed by atoms with E-state index in [0.717, 1.165) is 12.3 Å². The van der Waals surface area contributed by atoms with Crippen LogP contribution in [0.25, 0.3) is 0 Å². The summed E-state index contributed by atoms with van der Waals surface area (Å²) in [5, 5.41) is 72.5. The Morgan fingerprint density at radius 1 is 0.852 bits per heavy atom. The van der Waals surface area contributed by atoms with Gasteiger partial charge in [-0.25, -0.2) is 0 Å². The van der Waals surface area contributed by atoms with Gasteiger partial charge in [0, 0.05) is 12.3 Å². The van der Waals surface area contributed by atoms with E-state index in [1.807, 2.05) is 0 Å². The molecule has 0 saturated carbocycles. The van der Waals surface area contributed by atoms with E-state index in [0.29, 0.717) is 0 Å². The van der Waals surface area contributed by atoms with Gasteiger partial charge in [0.15, 0.2) is 6.29 Å². The molecule has 11 nitrogen and oxygen atoms in total. The number of aliphatic hydroxyl groups excluding tert-OH is 7. The van der Waals surface area contributed by atoms with Gasteiger partial charge in [0.25, 0.3) is 0 Å². The Labute approximate surface area is 159 Å². The van der Waals surface area contributed by atoms with Gasteiger partial charge in [-0.2, -0.15) is 0 Å². The molecule has 3 aliphatic heterocycles. The van der Waals surface area contributed by atoms with Gasteiger partial charge in [0.2, 0.25) is 0 Å². The second-order valence-corrected chi connectivity index (χ2v) is 8.10. The lowest BCUT2D eigenvalue weighted by Crippen LogP contribution is -2.66. The Bertz CT molecular complexity index is 480. The van der Waals surface area contributed by atoms with Crippen molar-refractivity contribution in [3.8, 4) is 0 Å². The third kappa shape index (κ3) is 4.27. The Balaban J connectivity index is 1.71. The Morgan fingerprint density at radius 2 is 1.56 bits per heavy atom. The maximum absolute atomic E-state index is 10.5. The predicted molar refractivity (Wildman–Crippen MR) is 90.6 cm³/mol. The van der Waals surface area contributed by atoms with Crippen molar-refractivity contribution >= 4 is 11.8 Å². The fourth-order valence-electron chi connectivity index (χ4n) is 3.53. The SMILES string of the molecule is OC[C@H]1O[C@@H](O[C@H]2[C@H](O)[C@@H](O)C(C3NCCS3)O[C@@H]2CO)[C@H](O)[C@@H](O)[C@H]1O. The highest BCUT2D eigenvalue weighted by Crippen LogP contribution is 2.33. The van der Waals surface area contributed by atoms with Crippen LogP contribution in [0.1, 0.15) is 0 Å². The molecule has 3 saturated heterocycles. The van der Waals surface area contributed by atoms with Crippen molar-refractivity contribution < 1.29 is 50.0 Å². The van der Waals surface area contributed by atoms with E-state index < -0.39 is 74.4 Å². The van der Waals surface area contributed by atoms with Crippen molar-refractivity contribution in [2.75, 3.05) is 25.5 Å². The van der Waals surface area contributed by atoms with E-state index >= 15 is 0 Å². The summed E-state index contributed by atoms with van der Waals surface area (Å²) in [5.41, 5.74) is 0. The summed E-state index contributed by atoms with van der Waals surface area (Å²) in [6.07, 6.45) is -13.4. The molecule has 0 spiro atoms. The molecule has 3 rings (SSSR count). The molecule has 27 heavy (non-hydrogen) atoms. The second-order valence-electron chi connectivity index (χ2n) is 6.85. The van der Waals surface area contributed by atoms with Crippen LogP contribution in [0, 0.1) is 0 Å². The third-order valence-corrected chi connectivity index (χ3v) is 6.32. The smallest absolute Gasteiger partial charge is 0.187 e. The average Bonchev–Trinajstić information content (AvgIpc) is 3.20. The molecule has 8 N–H and O–H groups in total. The van der Waals surface area contributed by atoms with Gasteiger partial charge < -0.3 is 55.3 Å². The van der Waals surface area contributed by atoms with E-state index in [9.17, 15) is 35.7 Å². The maximum Gasteiger partial charge on any atom is 0.187 e. The quantitative estimate of drug-likeness (QED) is 0.216. The molecule has 3 heterocycles. The molecular weight excluding hydrogens is 386 g/mol. The van der Waals surface area contributed by atoms with Gasteiger partial charge in [-0.3, -0.25) is 0 Å². The molecule has 3 aliphatic rings. The van der Waals surface area contributed by atoms with Gasteiger partial charge in [0.1, 0.15) is 54.9 Å². The van der Waals surface area contributed by atoms with Crippen LogP contribution in [-0.4, -0.2) is 128 Å². The van der Waals surface area contributed by atoms with Crippen LogP contribution in [0.3, 0.4) is 0 Å². The molecule has 0 aromatic heterocycles. The highest BCUT2D eigenvalue weighted by Gasteiger charge is 2.51. The summed E-state index contributed by atoms with van der Waals surface area (Å²) in [6, 6.07) is 0. The highest BCUT2D eigenvalue weighted by molar-refractivity contribution is 8.00. The zero-order chi connectivity index (χ0) is 19.7. The number of hydrogen-bond donors (Lipinski definition) is 8. The first-order valence-corrected chi connectivity index (χ1v) is 9.87. The van der Waals surface area contributed by atoms with Crippen LogP contribution in [0.4, 0.5) is 0 Å². The molecule has 3 fully saturated rings. The fourth-order valence-corrected chi connectivity index (χ4v) is 4.67. The van der Waals surface area contributed by atoms with Crippen molar-refractivity contribution in [2.24, 2.45) is 0 Å². The van der Waals surface area contributed by atoms with Gasteiger partial charge in [-0.15, -0.1) is 11.8 Å². The van der Waals surface area contributed by atoms with Crippen LogP contribution >= 0.6 is 11.8 Å². The first kappa shape index (κ1) is 21.6. The van der Waals surface area contributed by atoms with Crippen molar-refractivity contribution in [2.45, 2.75) is 66.6 Å². The van der Waals surface area contributed by atoms with Crippen LogP contribution in [0.5, 0.6) is 0 Å². The minimum atomic E-state index is -1.67. The summed E-state index contributed by atoms with van der Waals surface area (Å²) in [5.74, 6) is 0.821. The molecule has 0 aromatic carbocycles. The van der Waals surface area contributed by atoms with E-state index in [1.54, 1.807) is 0 Å². The summed E-state index contributed by atoms with van der Waals surface area (Å²) in [4.78, 5) is 0. The van der Waals surface area contributed by atoms with Crippen molar-refractivity contribution in [1.82, 2.24) is 5.32 Å². The monoisotopic (exact) mass is 413 g/mol. The summed E-state index contributed by atoms with van der Waals surface area (Å²) in [6.45, 7) is -0.431. The largest absolute Gasteiger partial charge is 0.394 e. The lowest BCUT2D eigenvalue weighted by molar-refractivity contribution is -0.342. The van der Waals surface area contributed by atoms with Crippen molar-refractivity contribution in [3.05, 3.63) is 0 Å². The van der Waals surface area contributed by atoms with E-state index in [-0.39, 0.29) is 5.37 Å². The van der Waals surface area contributed by atoms with Crippen molar-refractivity contribution in [3.63, 3.8) is 0 Å². The molecule has 11 atom stereocenters. The number of rotatable bonds is 5. The Morgan fingerprint density at radius 3 is 2.15 bits per heavy atom. The van der Waals surface area contributed by atoms with Gasteiger partial charge in [-0.1, -0.05) is 0 Å². The zero-order valence-corrected chi connectivity index (χ0v) is 15.3. The summed E-state index contributed by atoms with van der Waals surface area (Å²) < 4.78 is 16.5. The number of thioether (sulfide) groups is 1. The second kappa shape index (κ2) is 9.15. The molecular formula is C15H27NO10S. The van der Waals surface area contributed by atoms with E-state index in [2.05, 4.69) is 5.32 Å². The highest BCUT2D eigenvalue weighted by atomic mass is 32.2. The fraction of sp³-hybridized carbons (Fsp3) is 1.00. The number of aliphatic hydroxyl groups is 7. The predicted octanol–water partition coefficient (Wildman–Crippen LogP) is -4.68. The molecule has 0 aliphatic carbocycles. The van der Waals surface area contributed by atoms with Crippen LogP contribution in [0.2, 0.25) is 0 Å². The normalized spacial score (nSPS) is 51.4. The minimum absolute atomic E-state index is 0.253. The molecule has 0 amide bonds. The molecule has 0 bridgehead atoms. The topological polar surface area (TPSA) is 181 Å². The number of nitrogens with one attached hydrogen (secondary N) is 1. The third-order valence-electron chi connectivity index (χ3n) is 5.08. The van der Waals surface area contributed by atoms with Crippen LogP contribution in [0.15, 0.2) is 0 Å². The molecule has 158 valence electrons. The first-order chi connectivity index (χ1) is 12.9. The zero-order valence-electron chi connectivity index (χ0n) is 14.4. The first-order valence-electron chi connectivity index (χ1n) is 8.82. The van der Waals surface area contributed by atoms with Gasteiger partial charge in [0.05, 0.1) is 18.6 Å². The minimum Gasteiger partial charge on any atom is -0.394 e. The standard InChI is InChI=1S/C15H27NO10S/c17-3-5-7(19)8(20)11(23)15(25-5)26-12-6(4-18)24-13(10(22)9(12)21)14-16-1-2-27-14/h5-23H,1-4H2/t5-,6-,7+,8+,9-,10-,11-,12-,13?,14?,15+/m1/s1. The van der Waals surface area contributed by atoms with Crippen LogP contribution < -0.4 is 5.32 Å².